The summed E-state index contributed by atoms with van der Waals surface area (Å²) in [5.74, 6) is 0. The van der Waals surface area contributed by atoms with E-state index in [4.69, 9.17) is 4.84 Å². The van der Waals surface area contributed by atoms with Gasteiger partial charge in [-0.1, -0.05) is 30.3 Å². The van der Waals surface area contributed by atoms with Gasteiger partial charge in [-0.05, 0) is 12.8 Å². The molecule has 1 N–H and O–H groups in total. The number of aliphatic hydroxyl groups excluding tert-OH is 1. The Labute approximate surface area is 109 Å². The number of nitrogens with zero attached hydrogens (tertiary/aromatic N) is 1. The lowest BCUT2D eigenvalue weighted by Gasteiger charge is -2.39. The van der Waals surface area contributed by atoms with Crippen LogP contribution < -0.4 is 0 Å². The van der Waals surface area contributed by atoms with Crippen molar-refractivity contribution in [2.24, 2.45) is 0 Å². The van der Waals surface area contributed by atoms with Crippen LogP contribution in [0.5, 0.6) is 0 Å². The molecule has 3 nitrogen and oxygen atoms in total. The van der Waals surface area contributed by atoms with Gasteiger partial charge in [-0.15, -0.1) is 0 Å². The highest BCUT2D eigenvalue weighted by molar-refractivity contribution is 5.13. The average Bonchev–Trinajstić information content (AvgIpc) is 2.78. The van der Waals surface area contributed by atoms with Gasteiger partial charge in [-0.25, -0.2) is 0 Å². The van der Waals surface area contributed by atoms with Crippen LogP contribution >= 0.6 is 0 Å². The maximum atomic E-state index is 9.36. The van der Waals surface area contributed by atoms with E-state index in [-0.39, 0.29) is 12.7 Å². The second-order valence-electron chi connectivity index (χ2n) is 5.61. The van der Waals surface area contributed by atoms with Crippen molar-refractivity contribution in [2.75, 3.05) is 13.2 Å². The topological polar surface area (TPSA) is 29.5 Å². The summed E-state index contributed by atoms with van der Waals surface area (Å²) in [5.41, 5.74) is 1.34. The number of benzene rings is 1. The Hall–Kier alpha value is -0.900. The lowest BCUT2D eigenvalue weighted by molar-refractivity contribution is -1.12. The van der Waals surface area contributed by atoms with Crippen molar-refractivity contribution in [3.8, 4) is 0 Å². The summed E-state index contributed by atoms with van der Waals surface area (Å²) in [6, 6.07) is 11.2. The predicted molar refractivity (Wildman–Crippen MR) is 69.5 cm³/mol. The summed E-state index contributed by atoms with van der Waals surface area (Å²) >= 11 is 0. The third-order valence-electron chi connectivity index (χ3n) is 4.38. The first-order chi connectivity index (χ1) is 8.82. The number of rotatable bonds is 3. The fourth-order valence-corrected chi connectivity index (χ4v) is 3.52. The van der Waals surface area contributed by atoms with E-state index in [0.717, 1.165) is 24.2 Å². The van der Waals surface area contributed by atoms with Gasteiger partial charge in [0.15, 0.2) is 0 Å². The predicted octanol–water partition coefficient (Wildman–Crippen LogP) is 2.25. The standard InChI is InChI=1S/C15H22NO2/c17-12-15-10-14-8-4-5-9-16(14,18-15)11-13-6-2-1-3-7-13/h1-3,6-7,14-15,17H,4-5,8-12H2/q+1/t14-,15-,16?/m0/s1. The molecule has 3 rings (SSSR count). The molecule has 3 atom stereocenters. The van der Waals surface area contributed by atoms with Gasteiger partial charge in [0.25, 0.3) is 0 Å². The molecule has 2 fully saturated rings. The van der Waals surface area contributed by atoms with Crippen LogP contribution in [-0.4, -0.2) is 35.1 Å². The second kappa shape index (κ2) is 5.00. The Balaban J connectivity index is 1.81. The average molecular weight is 248 g/mol. The minimum absolute atomic E-state index is 0.0387. The van der Waals surface area contributed by atoms with Gasteiger partial charge >= 0.3 is 0 Å². The molecule has 0 radical (unpaired) electrons. The van der Waals surface area contributed by atoms with Gasteiger partial charge in [0.05, 0.1) is 6.61 Å². The van der Waals surface area contributed by atoms with Gasteiger partial charge < -0.3 is 5.11 Å². The monoisotopic (exact) mass is 248 g/mol. The summed E-state index contributed by atoms with van der Waals surface area (Å²) in [6.07, 6.45) is 4.84. The second-order valence-corrected chi connectivity index (χ2v) is 5.61. The van der Waals surface area contributed by atoms with Crippen molar-refractivity contribution in [1.29, 1.82) is 0 Å². The van der Waals surface area contributed by atoms with Crippen LogP contribution in [-0.2, 0) is 11.4 Å². The van der Waals surface area contributed by atoms with Crippen LogP contribution in [0.15, 0.2) is 30.3 Å². The zero-order chi connectivity index (χ0) is 12.4. The first-order valence-electron chi connectivity index (χ1n) is 7.02. The molecule has 2 heterocycles. The Morgan fingerprint density at radius 2 is 2.06 bits per heavy atom. The molecule has 1 aromatic carbocycles. The van der Waals surface area contributed by atoms with Crippen molar-refractivity contribution >= 4 is 0 Å². The van der Waals surface area contributed by atoms with Crippen molar-refractivity contribution in [1.82, 2.24) is 0 Å². The zero-order valence-electron chi connectivity index (χ0n) is 10.8. The minimum atomic E-state index is 0.0387. The summed E-state index contributed by atoms with van der Waals surface area (Å²) < 4.78 is 0.745. The molecule has 2 saturated heterocycles. The molecule has 0 amide bonds. The third kappa shape index (κ3) is 2.18. The number of quaternary nitrogens is 1. The maximum absolute atomic E-state index is 9.36. The van der Waals surface area contributed by atoms with Crippen molar-refractivity contribution < 1.29 is 14.6 Å². The fraction of sp³-hybridized carbons (Fsp3) is 0.600. The third-order valence-corrected chi connectivity index (χ3v) is 4.38. The molecule has 3 heteroatoms. The largest absolute Gasteiger partial charge is 0.393 e. The van der Waals surface area contributed by atoms with Crippen LogP contribution in [0.25, 0.3) is 0 Å². The number of hydrogen-bond donors (Lipinski definition) is 1. The molecule has 0 aliphatic carbocycles. The maximum Gasteiger partial charge on any atom is 0.145 e. The van der Waals surface area contributed by atoms with E-state index in [1.807, 2.05) is 0 Å². The highest BCUT2D eigenvalue weighted by Crippen LogP contribution is 2.38. The lowest BCUT2D eigenvalue weighted by Crippen LogP contribution is -2.52. The number of piperidine rings is 1. The Bertz CT molecular complexity index is 395. The first kappa shape index (κ1) is 12.2. The first-order valence-corrected chi connectivity index (χ1v) is 7.02. The summed E-state index contributed by atoms with van der Waals surface area (Å²) in [7, 11) is 0. The van der Waals surface area contributed by atoms with Crippen LogP contribution in [0.1, 0.15) is 31.2 Å². The van der Waals surface area contributed by atoms with E-state index < -0.39 is 0 Å². The van der Waals surface area contributed by atoms with Gasteiger partial charge in [0, 0.05) is 18.4 Å². The summed E-state index contributed by atoms with van der Waals surface area (Å²) in [5, 5.41) is 9.36. The van der Waals surface area contributed by atoms with Crippen LogP contribution in [0.3, 0.4) is 0 Å². The van der Waals surface area contributed by atoms with Crippen molar-refractivity contribution in [3.63, 3.8) is 0 Å². The zero-order valence-corrected chi connectivity index (χ0v) is 10.8. The van der Waals surface area contributed by atoms with Gasteiger partial charge in [-0.3, -0.25) is 0 Å². The SMILES string of the molecule is OC[C@@H]1C[C@@H]2CCCC[N+]2(Cc2ccccc2)O1. The molecule has 0 aromatic heterocycles. The van der Waals surface area contributed by atoms with E-state index in [1.54, 1.807) is 0 Å². The molecule has 98 valence electrons. The van der Waals surface area contributed by atoms with E-state index in [2.05, 4.69) is 30.3 Å². The molecule has 1 aromatic rings. The molecular formula is C15H22NO2+. The number of aliphatic hydroxyl groups is 1. The smallest absolute Gasteiger partial charge is 0.145 e. The highest BCUT2D eigenvalue weighted by Gasteiger charge is 2.50. The molecule has 2 aliphatic rings. The van der Waals surface area contributed by atoms with E-state index >= 15 is 0 Å². The Morgan fingerprint density at radius 3 is 2.83 bits per heavy atom. The molecular weight excluding hydrogens is 226 g/mol. The summed E-state index contributed by atoms with van der Waals surface area (Å²) in [6.45, 7) is 2.20. The van der Waals surface area contributed by atoms with Crippen molar-refractivity contribution in [2.45, 2.75) is 44.4 Å². The van der Waals surface area contributed by atoms with E-state index in [0.29, 0.717) is 6.04 Å². The molecule has 0 bridgehead atoms. The number of hydrogen-bond acceptors (Lipinski definition) is 2. The lowest BCUT2D eigenvalue weighted by atomic mass is 9.97. The quantitative estimate of drug-likeness (QED) is 0.831. The van der Waals surface area contributed by atoms with E-state index in [1.165, 1.54) is 24.8 Å². The Kier molecular flexibility index (Phi) is 3.37. The normalized spacial score (nSPS) is 35.4. The molecule has 1 unspecified atom stereocenters. The molecule has 0 saturated carbocycles. The van der Waals surface area contributed by atoms with Crippen LogP contribution in [0.4, 0.5) is 0 Å². The summed E-state index contributed by atoms with van der Waals surface area (Å²) in [4.78, 5) is 6.19. The molecule has 2 aliphatic heterocycles. The number of hydroxylamine groups is 3. The van der Waals surface area contributed by atoms with Crippen LogP contribution in [0, 0.1) is 0 Å². The molecule has 0 spiro atoms. The van der Waals surface area contributed by atoms with Gasteiger partial charge in [0.2, 0.25) is 0 Å². The number of fused-ring (bicyclic) bond motifs is 1. The van der Waals surface area contributed by atoms with Crippen LogP contribution in [0.2, 0.25) is 0 Å². The fourth-order valence-electron chi connectivity index (χ4n) is 3.52. The van der Waals surface area contributed by atoms with Gasteiger partial charge in [0.1, 0.15) is 25.2 Å². The van der Waals surface area contributed by atoms with E-state index in [9.17, 15) is 5.11 Å². The van der Waals surface area contributed by atoms with Gasteiger partial charge in [-0.2, -0.15) is 9.48 Å². The van der Waals surface area contributed by atoms with Crippen molar-refractivity contribution in [3.05, 3.63) is 35.9 Å². The molecule has 18 heavy (non-hydrogen) atoms. The highest BCUT2D eigenvalue weighted by atomic mass is 16.7. The minimum Gasteiger partial charge on any atom is -0.393 e. The Morgan fingerprint density at radius 1 is 1.22 bits per heavy atom.